The number of carbonyl (C=O) groups is 1. The molecule has 2 aromatic carbocycles. The summed E-state index contributed by atoms with van der Waals surface area (Å²) in [6.45, 7) is 3.12. The molecule has 3 aromatic rings. The van der Waals surface area contributed by atoms with Gasteiger partial charge in [-0.15, -0.1) is 0 Å². The number of hydrogen-bond acceptors (Lipinski definition) is 4. The zero-order valence-electron chi connectivity index (χ0n) is 17.3. The molecule has 1 N–H and O–H groups in total. The zero-order chi connectivity index (χ0) is 20.9. The molecule has 1 aliphatic carbocycles. The van der Waals surface area contributed by atoms with Gasteiger partial charge in [0, 0.05) is 13.1 Å². The summed E-state index contributed by atoms with van der Waals surface area (Å²) in [4.78, 5) is 30.1. The number of amides is 1. The SMILES string of the molecule is CCn1c(SCC(=O)NCCC2=CCCCC2)nc2cc3ccccc3cc2c1=O. The summed E-state index contributed by atoms with van der Waals surface area (Å²) in [6, 6.07) is 11.8. The lowest BCUT2D eigenvalue weighted by Gasteiger charge is -2.13. The van der Waals surface area contributed by atoms with Crippen molar-refractivity contribution in [3.63, 3.8) is 0 Å². The maximum Gasteiger partial charge on any atom is 0.262 e. The lowest BCUT2D eigenvalue weighted by molar-refractivity contribution is -0.118. The van der Waals surface area contributed by atoms with Crippen LogP contribution in [0.25, 0.3) is 21.7 Å². The Bertz CT molecular complexity index is 1170. The molecule has 0 unspecified atom stereocenters. The number of carbonyl (C=O) groups excluding carboxylic acids is 1. The number of benzene rings is 2. The van der Waals surface area contributed by atoms with Crippen LogP contribution in [0.2, 0.25) is 0 Å². The van der Waals surface area contributed by atoms with E-state index in [0.29, 0.717) is 29.1 Å². The molecule has 0 saturated heterocycles. The summed E-state index contributed by atoms with van der Waals surface area (Å²) in [5, 5.41) is 6.29. The Kier molecular flexibility index (Phi) is 6.53. The molecule has 0 spiro atoms. The number of allylic oxidation sites excluding steroid dienone is 1. The van der Waals surface area contributed by atoms with E-state index in [0.717, 1.165) is 30.0 Å². The first-order valence-corrected chi connectivity index (χ1v) is 11.6. The summed E-state index contributed by atoms with van der Waals surface area (Å²) < 4.78 is 1.65. The molecule has 0 saturated carbocycles. The molecule has 1 heterocycles. The number of fused-ring (bicyclic) bond motifs is 2. The fraction of sp³-hybridized carbons (Fsp3) is 0.375. The Morgan fingerprint density at radius 2 is 2.00 bits per heavy atom. The first kappa shape index (κ1) is 20.7. The van der Waals surface area contributed by atoms with Crippen molar-refractivity contribution in [3.05, 3.63) is 58.4 Å². The Morgan fingerprint density at radius 3 is 2.73 bits per heavy atom. The van der Waals surface area contributed by atoms with Crippen molar-refractivity contribution in [2.45, 2.75) is 50.7 Å². The van der Waals surface area contributed by atoms with Crippen LogP contribution < -0.4 is 10.9 Å². The van der Waals surface area contributed by atoms with Gasteiger partial charge in [-0.1, -0.05) is 47.7 Å². The van der Waals surface area contributed by atoms with Gasteiger partial charge in [-0.05, 0) is 61.9 Å². The molecule has 1 aliphatic rings. The Morgan fingerprint density at radius 1 is 1.20 bits per heavy atom. The fourth-order valence-corrected chi connectivity index (χ4v) is 4.85. The third-order valence-electron chi connectivity index (χ3n) is 5.59. The average molecular weight is 422 g/mol. The van der Waals surface area contributed by atoms with E-state index in [2.05, 4.69) is 11.4 Å². The quantitative estimate of drug-likeness (QED) is 0.261. The van der Waals surface area contributed by atoms with Crippen molar-refractivity contribution in [2.75, 3.05) is 12.3 Å². The number of rotatable bonds is 7. The molecule has 5 nitrogen and oxygen atoms in total. The summed E-state index contributed by atoms with van der Waals surface area (Å²) in [5.74, 6) is 0.233. The number of aromatic nitrogens is 2. The smallest absolute Gasteiger partial charge is 0.262 e. The molecule has 6 heteroatoms. The highest BCUT2D eigenvalue weighted by atomic mass is 32.2. The van der Waals surface area contributed by atoms with Crippen LogP contribution >= 0.6 is 11.8 Å². The van der Waals surface area contributed by atoms with Crippen molar-refractivity contribution < 1.29 is 4.79 Å². The van der Waals surface area contributed by atoms with Gasteiger partial charge in [0.25, 0.3) is 5.56 Å². The standard InChI is InChI=1S/C24H27N3O2S/c1-2-27-23(29)20-14-18-10-6-7-11-19(18)15-21(20)26-24(27)30-16-22(28)25-13-12-17-8-4-3-5-9-17/h6-8,10-11,14-15H,2-5,9,12-13,16H2,1H3,(H,25,28). The monoisotopic (exact) mass is 421 g/mol. The third kappa shape index (κ3) is 4.59. The van der Waals surface area contributed by atoms with Gasteiger partial charge < -0.3 is 5.32 Å². The van der Waals surface area contributed by atoms with E-state index >= 15 is 0 Å². The Balaban J connectivity index is 1.47. The van der Waals surface area contributed by atoms with Crippen LogP contribution in [0.4, 0.5) is 0 Å². The van der Waals surface area contributed by atoms with Crippen molar-refractivity contribution in [1.82, 2.24) is 14.9 Å². The molecular weight excluding hydrogens is 394 g/mol. The van der Waals surface area contributed by atoms with E-state index in [-0.39, 0.29) is 17.2 Å². The van der Waals surface area contributed by atoms with Crippen LogP contribution in [-0.2, 0) is 11.3 Å². The summed E-state index contributed by atoms with van der Waals surface area (Å²) in [7, 11) is 0. The largest absolute Gasteiger partial charge is 0.355 e. The molecule has 0 atom stereocenters. The van der Waals surface area contributed by atoms with Crippen LogP contribution in [0.15, 0.2) is 58.0 Å². The molecule has 1 amide bonds. The molecule has 4 rings (SSSR count). The van der Waals surface area contributed by atoms with E-state index in [4.69, 9.17) is 4.98 Å². The Hall–Kier alpha value is -2.60. The van der Waals surface area contributed by atoms with E-state index in [1.165, 1.54) is 30.2 Å². The highest BCUT2D eigenvalue weighted by Gasteiger charge is 2.13. The lowest BCUT2D eigenvalue weighted by atomic mass is 9.97. The zero-order valence-corrected chi connectivity index (χ0v) is 18.1. The van der Waals surface area contributed by atoms with Gasteiger partial charge in [0.05, 0.1) is 16.7 Å². The number of thioether (sulfide) groups is 1. The van der Waals surface area contributed by atoms with Crippen molar-refractivity contribution in [1.29, 1.82) is 0 Å². The van der Waals surface area contributed by atoms with Gasteiger partial charge in [0.15, 0.2) is 5.16 Å². The molecule has 0 bridgehead atoms. The van der Waals surface area contributed by atoms with Crippen molar-refractivity contribution >= 4 is 39.3 Å². The maximum absolute atomic E-state index is 13.0. The van der Waals surface area contributed by atoms with E-state index < -0.39 is 0 Å². The van der Waals surface area contributed by atoms with Gasteiger partial charge in [0.2, 0.25) is 5.91 Å². The molecule has 156 valence electrons. The fourth-order valence-electron chi connectivity index (χ4n) is 3.95. The first-order chi connectivity index (χ1) is 14.7. The number of nitrogens with one attached hydrogen (secondary N) is 1. The lowest BCUT2D eigenvalue weighted by Crippen LogP contribution is -2.28. The third-order valence-corrected chi connectivity index (χ3v) is 6.56. The minimum Gasteiger partial charge on any atom is -0.355 e. The second-order valence-corrected chi connectivity index (χ2v) is 8.60. The molecule has 0 aliphatic heterocycles. The van der Waals surface area contributed by atoms with Crippen LogP contribution in [0.5, 0.6) is 0 Å². The number of nitrogens with zero attached hydrogens (tertiary/aromatic N) is 2. The second kappa shape index (κ2) is 9.47. The van der Waals surface area contributed by atoms with Crippen LogP contribution in [0, 0.1) is 0 Å². The average Bonchev–Trinajstić information content (AvgIpc) is 2.77. The molecule has 0 radical (unpaired) electrons. The topological polar surface area (TPSA) is 64.0 Å². The maximum atomic E-state index is 13.0. The predicted molar refractivity (Wildman–Crippen MR) is 124 cm³/mol. The summed E-state index contributed by atoms with van der Waals surface area (Å²) >= 11 is 1.33. The minimum atomic E-state index is -0.0552. The minimum absolute atomic E-state index is 0.0214. The van der Waals surface area contributed by atoms with Crippen LogP contribution in [0.3, 0.4) is 0 Å². The highest BCUT2D eigenvalue weighted by Crippen LogP contribution is 2.23. The summed E-state index contributed by atoms with van der Waals surface area (Å²) in [5.41, 5.74) is 2.08. The second-order valence-electron chi connectivity index (χ2n) is 7.66. The predicted octanol–water partition coefficient (Wildman–Crippen LogP) is 4.67. The van der Waals surface area contributed by atoms with Gasteiger partial charge in [0.1, 0.15) is 0 Å². The number of hydrogen-bond donors (Lipinski definition) is 1. The van der Waals surface area contributed by atoms with Crippen LogP contribution in [0.1, 0.15) is 39.0 Å². The molecule has 30 heavy (non-hydrogen) atoms. The van der Waals surface area contributed by atoms with E-state index in [9.17, 15) is 9.59 Å². The van der Waals surface area contributed by atoms with Gasteiger partial charge in [-0.25, -0.2) is 4.98 Å². The van der Waals surface area contributed by atoms with Crippen molar-refractivity contribution in [3.8, 4) is 0 Å². The molecular formula is C24H27N3O2S. The van der Waals surface area contributed by atoms with E-state index in [1.807, 2.05) is 43.3 Å². The highest BCUT2D eigenvalue weighted by molar-refractivity contribution is 7.99. The summed E-state index contributed by atoms with van der Waals surface area (Å²) in [6.07, 6.45) is 8.09. The van der Waals surface area contributed by atoms with Crippen LogP contribution in [-0.4, -0.2) is 27.8 Å². The molecule has 0 fully saturated rings. The van der Waals surface area contributed by atoms with E-state index in [1.54, 1.807) is 4.57 Å². The normalized spacial score (nSPS) is 14.1. The van der Waals surface area contributed by atoms with Gasteiger partial charge in [-0.3, -0.25) is 14.2 Å². The molecule has 1 aromatic heterocycles. The van der Waals surface area contributed by atoms with Gasteiger partial charge >= 0.3 is 0 Å². The Labute approximate surface area is 180 Å². The van der Waals surface area contributed by atoms with Gasteiger partial charge in [-0.2, -0.15) is 0 Å². The first-order valence-electron chi connectivity index (χ1n) is 10.7. The van der Waals surface area contributed by atoms with Crippen molar-refractivity contribution in [2.24, 2.45) is 0 Å².